The van der Waals surface area contributed by atoms with E-state index in [0.717, 1.165) is 23.6 Å². The summed E-state index contributed by atoms with van der Waals surface area (Å²) in [5, 5.41) is 4.32. The highest BCUT2D eigenvalue weighted by atomic mass is 35.5. The zero-order valence-electron chi connectivity index (χ0n) is 10.3. The molecule has 1 unspecified atom stereocenters. The van der Waals surface area contributed by atoms with Crippen LogP contribution >= 0.6 is 11.6 Å². The van der Waals surface area contributed by atoms with Gasteiger partial charge in [0.1, 0.15) is 0 Å². The maximum Gasteiger partial charge on any atom is 0.0483 e. The fourth-order valence-corrected chi connectivity index (χ4v) is 2.08. The number of benzene rings is 1. The highest BCUT2D eigenvalue weighted by Crippen LogP contribution is 2.29. The molecule has 0 radical (unpaired) electrons. The smallest absolute Gasteiger partial charge is 0.0483 e. The fourth-order valence-electron chi connectivity index (χ4n) is 1.83. The maximum absolute atomic E-state index is 6.34. The number of rotatable bonds is 5. The van der Waals surface area contributed by atoms with Gasteiger partial charge >= 0.3 is 0 Å². The van der Waals surface area contributed by atoms with E-state index in [9.17, 15) is 0 Å². The molecule has 0 aromatic heterocycles. The summed E-state index contributed by atoms with van der Waals surface area (Å²) in [7, 11) is 0. The van der Waals surface area contributed by atoms with Gasteiger partial charge in [-0.2, -0.15) is 0 Å². The molecule has 2 heteroatoms. The van der Waals surface area contributed by atoms with Crippen LogP contribution in [0.3, 0.4) is 0 Å². The minimum atomic E-state index is 0.273. The fraction of sp³-hybridized carbons (Fsp3) is 0.429. The number of aryl methyl sites for hydroxylation is 1. The molecular weight excluding hydrogens is 218 g/mol. The van der Waals surface area contributed by atoms with Gasteiger partial charge in [-0.15, -0.1) is 6.58 Å². The summed E-state index contributed by atoms with van der Waals surface area (Å²) in [5.41, 5.74) is 3.47. The standard InChI is InChI=1S/C14H20ClN/c1-5-16-13(9-10(2)3)12-8-6-7-11(4)14(12)15/h6-8,13,16H,2,5,9H2,1,3-4H3. The normalized spacial score (nSPS) is 12.5. The predicted octanol–water partition coefficient (Wildman–Crippen LogP) is 4.27. The minimum Gasteiger partial charge on any atom is -0.310 e. The van der Waals surface area contributed by atoms with Crippen LogP contribution in [0, 0.1) is 6.92 Å². The molecule has 0 saturated carbocycles. The Hall–Kier alpha value is -0.790. The first-order valence-electron chi connectivity index (χ1n) is 5.69. The van der Waals surface area contributed by atoms with E-state index in [4.69, 9.17) is 11.6 Å². The molecule has 0 spiro atoms. The summed E-state index contributed by atoms with van der Waals surface area (Å²) < 4.78 is 0. The van der Waals surface area contributed by atoms with Gasteiger partial charge in [0.05, 0.1) is 0 Å². The van der Waals surface area contributed by atoms with E-state index < -0.39 is 0 Å². The molecule has 0 aliphatic rings. The van der Waals surface area contributed by atoms with Gasteiger partial charge in [-0.05, 0) is 37.9 Å². The highest BCUT2D eigenvalue weighted by molar-refractivity contribution is 6.32. The number of halogens is 1. The molecule has 0 amide bonds. The molecule has 16 heavy (non-hydrogen) atoms. The van der Waals surface area contributed by atoms with Crippen LogP contribution in [0.4, 0.5) is 0 Å². The lowest BCUT2D eigenvalue weighted by Gasteiger charge is -2.20. The molecule has 1 N–H and O–H groups in total. The van der Waals surface area contributed by atoms with Gasteiger partial charge < -0.3 is 5.32 Å². The van der Waals surface area contributed by atoms with Crippen LogP contribution in [0.25, 0.3) is 0 Å². The van der Waals surface area contributed by atoms with Crippen molar-refractivity contribution in [1.29, 1.82) is 0 Å². The first-order chi connectivity index (χ1) is 7.56. The third-order valence-corrected chi connectivity index (χ3v) is 3.12. The molecule has 0 aliphatic carbocycles. The Morgan fingerprint density at radius 2 is 2.19 bits per heavy atom. The molecule has 1 rings (SSSR count). The van der Waals surface area contributed by atoms with Crippen LogP contribution in [-0.4, -0.2) is 6.54 Å². The second-order valence-electron chi connectivity index (χ2n) is 4.25. The summed E-state index contributed by atoms with van der Waals surface area (Å²) in [4.78, 5) is 0. The summed E-state index contributed by atoms with van der Waals surface area (Å²) in [5.74, 6) is 0. The topological polar surface area (TPSA) is 12.0 Å². The molecule has 1 aromatic carbocycles. The number of hydrogen-bond acceptors (Lipinski definition) is 1. The van der Waals surface area contributed by atoms with Gasteiger partial charge in [0.2, 0.25) is 0 Å². The lowest BCUT2D eigenvalue weighted by molar-refractivity contribution is 0.548. The molecule has 1 nitrogen and oxygen atoms in total. The lowest BCUT2D eigenvalue weighted by atomic mass is 9.98. The first kappa shape index (κ1) is 13.3. The van der Waals surface area contributed by atoms with Crippen molar-refractivity contribution in [3.05, 3.63) is 46.5 Å². The second-order valence-corrected chi connectivity index (χ2v) is 4.63. The van der Waals surface area contributed by atoms with Crippen molar-refractivity contribution < 1.29 is 0 Å². The Kier molecular flexibility index (Phi) is 5.04. The lowest BCUT2D eigenvalue weighted by Crippen LogP contribution is -2.21. The molecule has 1 aromatic rings. The summed E-state index contributed by atoms with van der Waals surface area (Å²) >= 11 is 6.34. The van der Waals surface area contributed by atoms with E-state index in [1.807, 2.05) is 19.9 Å². The third-order valence-electron chi connectivity index (χ3n) is 2.60. The van der Waals surface area contributed by atoms with E-state index in [1.54, 1.807) is 0 Å². The van der Waals surface area contributed by atoms with E-state index in [0.29, 0.717) is 0 Å². The van der Waals surface area contributed by atoms with Gasteiger partial charge in [0.25, 0.3) is 0 Å². The third kappa shape index (κ3) is 3.36. The summed E-state index contributed by atoms with van der Waals surface area (Å²) in [6.07, 6.45) is 0.928. The van der Waals surface area contributed by atoms with Gasteiger partial charge in [0.15, 0.2) is 0 Å². The van der Waals surface area contributed by atoms with Crippen molar-refractivity contribution in [3.63, 3.8) is 0 Å². The Morgan fingerprint density at radius 1 is 1.50 bits per heavy atom. The van der Waals surface area contributed by atoms with Crippen molar-refractivity contribution in [1.82, 2.24) is 5.32 Å². The molecule has 0 fully saturated rings. The molecule has 0 saturated heterocycles. The van der Waals surface area contributed by atoms with Gasteiger partial charge in [-0.1, -0.05) is 42.3 Å². The predicted molar refractivity (Wildman–Crippen MR) is 72.0 cm³/mol. The van der Waals surface area contributed by atoms with Gasteiger partial charge in [-0.25, -0.2) is 0 Å². The Morgan fingerprint density at radius 3 is 2.75 bits per heavy atom. The van der Waals surface area contributed by atoms with Gasteiger partial charge in [-0.3, -0.25) is 0 Å². The molecular formula is C14H20ClN. The van der Waals surface area contributed by atoms with Crippen LogP contribution < -0.4 is 5.32 Å². The molecule has 0 aliphatic heterocycles. The van der Waals surface area contributed by atoms with Gasteiger partial charge in [0, 0.05) is 11.1 Å². The SMILES string of the molecule is C=C(C)CC(NCC)c1cccc(C)c1Cl. The average Bonchev–Trinajstić information content (AvgIpc) is 2.21. The first-order valence-corrected chi connectivity index (χ1v) is 6.06. The number of nitrogens with one attached hydrogen (secondary N) is 1. The second kappa shape index (κ2) is 6.07. The Balaban J connectivity index is 3.00. The zero-order valence-corrected chi connectivity index (χ0v) is 11.1. The van der Waals surface area contributed by atoms with Crippen LogP contribution in [-0.2, 0) is 0 Å². The van der Waals surface area contributed by atoms with E-state index >= 15 is 0 Å². The average molecular weight is 238 g/mol. The van der Waals surface area contributed by atoms with Crippen molar-refractivity contribution in [2.75, 3.05) is 6.54 Å². The molecule has 0 bridgehead atoms. The van der Waals surface area contributed by atoms with E-state index in [-0.39, 0.29) is 6.04 Å². The summed E-state index contributed by atoms with van der Waals surface area (Å²) in [6, 6.07) is 6.45. The highest BCUT2D eigenvalue weighted by Gasteiger charge is 2.14. The molecule has 88 valence electrons. The zero-order chi connectivity index (χ0) is 12.1. The quantitative estimate of drug-likeness (QED) is 0.755. The molecule has 1 atom stereocenters. The van der Waals surface area contributed by atoms with Crippen LogP contribution in [0.5, 0.6) is 0 Å². The van der Waals surface area contributed by atoms with Crippen molar-refractivity contribution in [2.45, 2.75) is 33.2 Å². The minimum absolute atomic E-state index is 0.273. The monoisotopic (exact) mass is 237 g/mol. The van der Waals surface area contributed by atoms with E-state index in [1.165, 1.54) is 11.1 Å². The largest absolute Gasteiger partial charge is 0.310 e. The Labute approximate surface area is 104 Å². The van der Waals surface area contributed by atoms with Crippen molar-refractivity contribution in [2.24, 2.45) is 0 Å². The van der Waals surface area contributed by atoms with E-state index in [2.05, 4.69) is 31.0 Å². The maximum atomic E-state index is 6.34. The number of hydrogen-bond donors (Lipinski definition) is 1. The van der Waals surface area contributed by atoms with Crippen LogP contribution in [0.15, 0.2) is 30.4 Å². The molecule has 0 heterocycles. The summed E-state index contributed by atoms with van der Waals surface area (Å²) in [6.45, 7) is 11.1. The Bertz CT molecular complexity index is 371. The van der Waals surface area contributed by atoms with Crippen molar-refractivity contribution >= 4 is 11.6 Å². The van der Waals surface area contributed by atoms with Crippen LogP contribution in [0.1, 0.15) is 37.4 Å². The van der Waals surface area contributed by atoms with Crippen molar-refractivity contribution in [3.8, 4) is 0 Å². The van der Waals surface area contributed by atoms with Crippen LogP contribution in [0.2, 0.25) is 5.02 Å².